The number of hydrogen-bond acceptors (Lipinski definition) is 3. The lowest BCUT2D eigenvalue weighted by Crippen LogP contribution is -2.31. The zero-order valence-electron chi connectivity index (χ0n) is 11.8. The van der Waals surface area contributed by atoms with Crippen LogP contribution in [0.5, 0.6) is 5.75 Å². The van der Waals surface area contributed by atoms with E-state index in [4.69, 9.17) is 16.3 Å². The Balaban J connectivity index is 2.04. The van der Waals surface area contributed by atoms with Gasteiger partial charge >= 0.3 is 6.03 Å². The lowest BCUT2D eigenvalue weighted by atomic mass is 10.1. The van der Waals surface area contributed by atoms with Gasteiger partial charge in [0.15, 0.2) is 0 Å². The number of ether oxygens (including phenoxy) is 1. The summed E-state index contributed by atoms with van der Waals surface area (Å²) in [6.45, 7) is 1.88. The van der Waals surface area contributed by atoms with Crippen molar-refractivity contribution in [3.05, 3.63) is 53.3 Å². The maximum Gasteiger partial charge on any atom is 0.319 e. The van der Waals surface area contributed by atoms with Gasteiger partial charge < -0.3 is 15.4 Å². The molecule has 0 spiro atoms. The van der Waals surface area contributed by atoms with E-state index in [1.807, 2.05) is 19.1 Å². The van der Waals surface area contributed by atoms with Crippen molar-refractivity contribution in [2.75, 3.05) is 12.4 Å². The molecule has 110 valence electrons. The van der Waals surface area contributed by atoms with E-state index in [9.17, 15) is 4.79 Å². The molecule has 0 saturated heterocycles. The number of aromatic nitrogens is 1. The summed E-state index contributed by atoms with van der Waals surface area (Å²) in [5, 5.41) is 6.07. The number of amides is 2. The van der Waals surface area contributed by atoms with Gasteiger partial charge in [0, 0.05) is 17.4 Å². The van der Waals surface area contributed by atoms with E-state index in [-0.39, 0.29) is 12.1 Å². The third kappa shape index (κ3) is 4.10. The molecule has 0 aliphatic rings. The van der Waals surface area contributed by atoms with Crippen molar-refractivity contribution >= 4 is 23.3 Å². The normalized spacial score (nSPS) is 11.6. The summed E-state index contributed by atoms with van der Waals surface area (Å²) < 4.78 is 5.18. The maximum atomic E-state index is 12.0. The zero-order chi connectivity index (χ0) is 15.2. The fourth-order valence-corrected chi connectivity index (χ4v) is 2.02. The Hall–Kier alpha value is -2.27. The second-order valence-corrected chi connectivity index (χ2v) is 4.89. The molecule has 2 rings (SSSR count). The number of anilines is 1. The average molecular weight is 306 g/mol. The molecule has 1 atom stereocenters. The number of carbonyl (C=O) groups excluding carboxylic acids is 1. The van der Waals surface area contributed by atoms with Crippen LogP contribution in [0.2, 0.25) is 5.02 Å². The number of nitrogens with one attached hydrogen (secondary N) is 2. The molecule has 0 aliphatic heterocycles. The van der Waals surface area contributed by atoms with Crippen LogP contribution in [0.15, 0.2) is 42.7 Å². The molecule has 0 saturated carbocycles. The molecular weight excluding hydrogens is 290 g/mol. The number of rotatable bonds is 4. The molecule has 2 amide bonds. The monoisotopic (exact) mass is 305 g/mol. The largest absolute Gasteiger partial charge is 0.495 e. The summed E-state index contributed by atoms with van der Waals surface area (Å²) in [6.07, 6.45) is 3.40. The Morgan fingerprint density at radius 3 is 2.86 bits per heavy atom. The van der Waals surface area contributed by atoms with Gasteiger partial charge in [0.25, 0.3) is 0 Å². The standard InChI is InChI=1S/C15H16ClN3O2/c1-10(11-4-3-7-17-9-11)18-15(20)19-13-8-12(16)5-6-14(13)21-2/h3-10H,1-2H3,(H2,18,19,20)/t10-/m1/s1. The number of halogens is 1. The number of carbonyl (C=O) groups is 1. The van der Waals surface area contributed by atoms with Gasteiger partial charge in [-0.25, -0.2) is 4.79 Å². The molecule has 21 heavy (non-hydrogen) atoms. The highest BCUT2D eigenvalue weighted by molar-refractivity contribution is 6.31. The summed E-state index contributed by atoms with van der Waals surface area (Å²) in [5.74, 6) is 0.545. The molecule has 1 heterocycles. The van der Waals surface area contributed by atoms with Gasteiger partial charge in [0.2, 0.25) is 0 Å². The van der Waals surface area contributed by atoms with Crippen LogP contribution in [0.4, 0.5) is 10.5 Å². The SMILES string of the molecule is COc1ccc(Cl)cc1NC(=O)N[C@H](C)c1cccnc1. The molecular formula is C15H16ClN3O2. The molecule has 5 nitrogen and oxygen atoms in total. The smallest absolute Gasteiger partial charge is 0.319 e. The first-order chi connectivity index (χ1) is 10.1. The van der Waals surface area contributed by atoms with Gasteiger partial charge in [-0.1, -0.05) is 17.7 Å². The quantitative estimate of drug-likeness (QED) is 0.906. The molecule has 2 aromatic rings. The Morgan fingerprint density at radius 2 is 2.19 bits per heavy atom. The van der Waals surface area contributed by atoms with Crippen LogP contribution < -0.4 is 15.4 Å². The van der Waals surface area contributed by atoms with Gasteiger partial charge in [-0.2, -0.15) is 0 Å². The Morgan fingerprint density at radius 1 is 1.38 bits per heavy atom. The topological polar surface area (TPSA) is 63.2 Å². The minimum atomic E-state index is -0.341. The minimum Gasteiger partial charge on any atom is -0.495 e. The highest BCUT2D eigenvalue weighted by Gasteiger charge is 2.12. The van der Waals surface area contributed by atoms with Crippen LogP contribution in [-0.4, -0.2) is 18.1 Å². The van der Waals surface area contributed by atoms with Gasteiger partial charge in [-0.05, 0) is 36.8 Å². The average Bonchev–Trinajstić information content (AvgIpc) is 2.48. The molecule has 6 heteroatoms. The lowest BCUT2D eigenvalue weighted by Gasteiger charge is -2.16. The van der Waals surface area contributed by atoms with Gasteiger partial charge in [-0.3, -0.25) is 4.98 Å². The van der Waals surface area contributed by atoms with Crippen LogP contribution in [-0.2, 0) is 0 Å². The van der Waals surface area contributed by atoms with Crippen LogP contribution >= 0.6 is 11.6 Å². The minimum absolute atomic E-state index is 0.163. The van der Waals surface area contributed by atoms with E-state index in [1.165, 1.54) is 7.11 Å². The predicted molar refractivity (Wildman–Crippen MR) is 82.8 cm³/mol. The first kappa shape index (κ1) is 15.1. The zero-order valence-corrected chi connectivity index (χ0v) is 12.5. The van der Waals surface area contributed by atoms with Crippen LogP contribution in [0.1, 0.15) is 18.5 Å². The summed E-state index contributed by atoms with van der Waals surface area (Å²) in [6, 6.07) is 8.25. The van der Waals surface area contributed by atoms with Crippen molar-refractivity contribution in [3.8, 4) is 5.75 Å². The van der Waals surface area contributed by atoms with Crippen molar-refractivity contribution in [3.63, 3.8) is 0 Å². The number of benzene rings is 1. The second kappa shape index (κ2) is 6.95. The van der Waals surface area contributed by atoms with E-state index in [0.29, 0.717) is 16.5 Å². The van der Waals surface area contributed by atoms with Gasteiger partial charge in [-0.15, -0.1) is 0 Å². The summed E-state index contributed by atoms with van der Waals surface area (Å²) in [7, 11) is 1.53. The third-order valence-corrected chi connectivity index (χ3v) is 3.18. The van der Waals surface area contributed by atoms with Crippen molar-refractivity contribution in [2.24, 2.45) is 0 Å². The van der Waals surface area contributed by atoms with Crippen molar-refractivity contribution in [1.82, 2.24) is 10.3 Å². The van der Waals surface area contributed by atoms with Gasteiger partial charge in [0.1, 0.15) is 5.75 Å². The number of pyridine rings is 1. The summed E-state index contributed by atoms with van der Waals surface area (Å²) >= 11 is 5.92. The van der Waals surface area contributed by atoms with Crippen LogP contribution in [0, 0.1) is 0 Å². The molecule has 2 N–H and O–H groups in total. The van der Waals surface area contributed by atoms with Crippen molar-refractivity contribution in [1.29, 1.82) is 0 Å². The van der Waals surface area contributed by atoms with Crippen molar-refractivity contribution in [2.45, 2.75) is 13.0 Å². The molecule has 0 bridgehead atoms. The van der Waals surface area contributed by atoms with Crippen LogP contribution in [0.3, 0.4) is 0 Å². The predicted octanol–water partition coefficient (Wildman–Crippen LogP) is 3.63. The Labute approximate surface area is 128 Å². The Bertz CT molecular complexity index is 620. The van der Waals surface area contributed by atoms with Gasteiger partial charge in [0.05, 0.1) is 18.8 Å². The molecule has 1 aromatic carbocycles. The molecule has 0 aliphatic carbocycles. The summed E-state index contributed by atoms with van der Waals surface area (Å²) in [4.78, 5) is 16.1. The maximum absolute atomic E-state index is 12.0. The third-order valence-electron chi connectivity index (χ3n) is 2.94. The highest BCUT2D eigenvalue weighted by Crippen LogP contribution is 2.27. The second-order valence-electron chi connectivity index (χ2n) is 4.45. The van der Waals surface area contributed by atoms with Crippen LogP contribution in [0.25, 0.3) is 0 Å². The first-order valence-corrected chi connectivity index (χ1v) is 6.79. The van der Waals surface area contributed by atoms with E-state index in [0.717, 1.165) is 5.56 Å². The molecule has 1 aromatic heterocycles. The van der Waals surface area contributed by atoms with E-state index < -0.39 is 0 Å². The lowest BCUT2D eigenvalue weighted by molar-refractivity contribution is 0.249. The number of nitrogens with zero attached hydrogens (tertiary/aromatic N) is 1. The fourth-order valence-electron chi connectivity index (χ4n) is 1.85. The fraction of sp³-hybridized carbons (Fsp3) is 0.200. The van der Waals surface area contributed by atoms with E-state index in [2.05, 4.69) is 15.6 Å². The Kier molecular flexibility index (Phi) is 5.00. The van der Waals surface area contributed by atoms with Crippen molar-refractivity contribution < 1.29 is 9.53 Å². The first-order valence-electron chi connectivity index (χ1n) is 6.41. The van der Waals surface area contributed by atoms with E-state index in [1.54, 1.807) is 30.6 Å². The number of urea groups is 1. The molecule has 0 radical (unpaired) electrons. The molecule has 0 fully saturated rings. The van der Waals surface area contributed by atoms with E-state index >= 15 is 0 Å². The molecule has 0 unspecified atom stereocenters. The number of methoxy groups -OCH3 is 1. The number of hydrogen-bond donors (Lipinski definition) is 2. The summed E-state index contributed by atoms with van der Waals surface area (Å²) in [5.41, 5.74) is 1.44. The highest BCUT2D eigenvalue weighted by atomic mass is 35.5.